The Morgan fingerprint density at radius 3 is 2.71 bits per heavy atom. The zero-order valence-electron chi connectivity index (χ0n) is 8.78. The molecule has 0 unspecified atom stereocenters. The average Bonchev–Trinajstić information content (AvgIpc) is 2.15. The van der Waals surface area contributed by atoms with E-state index in [1.807, 2.05) is 20.8 Å². The lowest BCUT2D eigenvalue weighted by atomic mass is 10.2. The van der Waals surface area contributed by atoms with Crippen LogP contribution in [0.15, 0.2) is 18.3 Å². The third-order valence-electron chi connectivity index (χ3n) is 1.69. The standard InChI is InChI=1S/C11H15NO2/c1-8(2)7-14-11(13)10-5-4-9(3)12-6-10/h4-6,8H,7H2,1-3H3. The first-order valence-electron chi connectivity index (χ1n) is 4.69. The van der Waals surface area contributed by atoms with E-state index in [-0.39, 0.29) is 5.97 Å². The van der Waals surface area contributed by atoms with Crippen molar-refractivity contribution >= 4 is 5.97 Å². The van der Waals surface area contributed by atoms with Crippen molar-refractivity contribution < 1.29 is 9.53 Å². The van der Waals surface area contributed by atoms with Gasteiger partial charge in [0.2, 0.25) is 0 Å². The second-order valence-corrected chi connectivity index (χ2v) is 3.68. The van der Waals surface area contributed by atoms with Crippen LogP contribution in [0.5, 0.6) is 0 Å². The number of aromatic nitrogens is 1. The van der Waals surface area contributed by atoms with Crippen molar-refractivity contribution in [3.63, 3.8) is 0 Å². The summed E-state index contributed by atoms with van der Waals surface area (Å²) in [5, 5.41) is 0. The van der Waals surface area contributed by atoms with E-state index in [9.17, 15) is 4.79 Å². The predicted molar refractivity (Wildman–Crippen MR) is 54.1 cm³/mol. The summed E-state index contributed by atoms with van der Waals surface area (Å²) in [4.78, 5) is 15.4. The zero-order chi connectivity index (χ0) is 10.6. The molecule has 0 saturated carbocycles. The number of esters is 1. The fourth-order valence-corrected chi connectivity index (χ4v) is 0.914. The Balaban J connectivity index is 2.57. The van der Waals surface area contributed by atoms with Crippen molar-refractivity contribution in [2.24, 2.45) is 5.92 Å². The highest BCUT2D eigenvalue weighted by molar-refractivity contribution is 5.88. The van der Waals surface area contributed by atoms with Crippen molar-refractivity contribution in [3.8, 4) is 0 Å². The van der Waals surface area contributed by atoms with Crippen molar-refractivity contribution in [3.05, 3.63) is 29.6 Å². The highest BCUT2D eigenvalue weighted by Gasteiger charge is 2.07. The topological polar surface area (TPSA) is 39.2 Å². The number of pyridine rings is 1. The van der Waals surface area contributed by atoms with Crippen LogP contribution in [0.25, 0.3) is 0 Å². The Labute approximate surface area is 84.1 Å². The highest BCUT2D eigenvalue weighted by Crippen LogP contribution is 2.03. The SMILES string of the molecule is Cc1ccc(C(=O)OCC(C)C)cn1. The number of carbonyl (C=O) groups is 1. The van der Waals surface area contributed by atoms with Crippen LogP contribution in [-0.4, -0.2) is 17.6 Å². The van der Waals surface area contributed by atoms with Crippen LogP contribution in [0.2, 0.25) is 0 Å². The van der Waals surface area contributed by atoms with Gasteiger partial charge in [0.05, 0.1) is 12.2 Å². The van der Waals surface area contributed by atoms with Gasteiger partial charge in [0.15, 0.2) is 0 Å². The fraction of sp³-hybridized carbons (Fsp3) is 0.455. The molecule has 14 heavy (non-hydrogen) atoms. The van der Waals surface area contributed by atoms with E-state index in [0.717, 1.165) is 5.69 Å². The maximum Gasteiger partial charge on any atom is 0.339 e. The predicted octanol–water partition coefficient (Wildman–Crippen LogP) is 2.20. The van der Waals surface area contributed by atoms with Crippen LogP contribution in [0.1, 0.15) is 29.9 Å². The summed E-state index contributed by atoms with van der Waals surface area (Å²) < 4.78 is 5.05. The van der Waals surface area contributed by atoms with E-state index in [1.165, 1.54) is 6.20 Å². The lowest BCUT2D eigenvalue weighted by Crippen LogP contribution is -2.10. The molecule has 0 aliphatic rings. The quantitative estimate of drug-likeness (QED) is 0.691. The maximum absolute atomic E-state index is 11.4. The average molecular weight is 193 g/mol. The Morgan fingerprint density at radius 2 is 2.21 bits per heavy atom. The molecule has 3 heteroatoms. The summed E-state index contributed by atoms with van der Waals surface area (Å²) >= 11 is 0. The van der Waals surface area contributed by atoms with Crippen LogP contribution in [0.3, 0.4) is 0 Å². The van der Waals surface area contributed by atoms with Crippen LogP contribution in [0.4, 0.5) is 0 Å². The van der Waals surface area contributed by atoms with Crippen molar-refractivity contribution in [2.45, 2.75) is 20.8 Å². The van der Waals surface area contributed by atoms with Crippen molar-refractivity contribution in [1.82, 2.24) is 4.98 Å². The van der Waals surface area contributed by atoms with E-state index in [4.69, 9.17) is 4.74 Å². The smallest absolute Gasteiger partial charge is 0.339 e. The molecule has 1 aromatic rings. The molecule has 1 heterocycles. The molecular weight excluding hydrogens is 178 g/mol. The minimum Gasteiger partial charge on any atom is -0.462 e. The van der Waals surface area contributed by atoms with Crippen LogP contribution in [0, 0.1) is 12.8 Å². The maximum atomic E-state index is 11.4. The summed E-state index contributed by atoms with van der Waals surface area (Å²) in [6.07, 6.45) is 1.54. The lowest BCUT2D eigenvalue weighted by Gasteiger charge is -2.06. The van der Waals surface area contributed by atoms with E-state index in [1.54, 1.807) is 12.1 Å². The van der Waals surface area contributed by atoms with Gasteiger partial charge in [-0.05, 0) is 25.0 Å². The number of aryl methyl sites for hydroxylation is 1. The van der Waals surface area contributed by atoms with Gasteiger partial charge in [-0.3, -0.25) is 4.98 Å². The largest absolute Gasteiger partial charge is 0.462 e. The molecule has 0 amide bonds. The van der Waals surface area contributed by atoms with Crippen molar-refractivity contribution in [1.29, 1.82) is 0 Å². The number of hydrogen-bond acceptors (Lipinski definition) is 3. The Hall–Kier alpha value is -1.38. The summed E-state index contributed by atoms with van der Waals surface area (Å²) in [6.45, 7) is 6.33. The normalized spacial score (nSPS) is 10.3. The zero-order valence-corrected chi connectivity index (χ0v) is 8.78. The lowest BCUT2D eigenvalue weighted by molar-refractivity contribution is 0.0458. The minimum absolute atomic E-state index is 0.300. The van der Waals surface area contributed by atoms with Gasteiger partial charge in [-0.15, -0.1) is 0 Å². The first-order chi connectivity index (χ1) is 6.59. The first-order valence-corrected chi connectivity index (χ1v) is 4.69. The Morgan fingerprint density at radius 1 is 1.50 bits per heavy atom. The number of carbonyl (C=O) groups excluding carboxylic acids is 1. The van der Waals surface area contributed by atoms with Gasteiger partial charge in [0.1, 0.15) is 0 Å². The summed E-state index contributed by atoms with van der Waals surface area (Å²) in [6, 6.07) is 3.52. The summed E-state index contributed by atoms with van der Waals surface area (Å²) in [5.41, 5.74) is 1.40. The fourth-order valence-electron chi connectivity index (χ4n) is 0.914. The van der Waals surface area contributed by atoms with E-state index in [0.29, 0.717) is 18.1 Å². The van der Waals surface area contributed by atoms with E-state index in [2.05, 4.69) is 4.98 Å². The number of hydrogen-bond donors (Lipinski definition) is 0. The van der Waals surface area contributed by atoms with Gasteiger partial charge in [0.25, 0.3) is 0 Å². The van der Waals surface area contributed by atoms with Gasteiger partial charge in [-0.2, -0.15) is 0 Å². The summed E-state index contributed by atoms with van der Waals surface area (Å²) in [7, 11) is 0. The molecule has 1 rings (SSSR count). The molecule has 0 aromatic carbocycles. The summed E-state index contributed by atoms with van der Waals surface area (Å²) in [5.74, 6) is 0.0588. The van der Waals surface area contributed by atoms with Gasteiger partial charge < -0.3 is 4.74 Å². The van der Waals surface area contributed by atoms with Crippen LogP contribution in [-0.2, 0) is 4.74 Å². The minimum atomic E-state index is -0.300. The molecule has 0 aliphatic carbocycles. The molecule has 0 aliphatic heterocycles. The van der Waals surface area contributed by atoms with Crippen LogP contribution >= 0.6 is 0 Å². The highest BCUT2D eigenvalue weighted by atomic mass is 16.5. The Kier molecular flexibility index (Phi) is 3.63. The number of nitrogens with zero attached hydrogens (tertiary/aromatic N) is 1. The molecule has 0 saturated heterocycles. The molecule has 0 atom stereocenters. The van der Waals surface area contributed by atoms with Crippen molar-refractivity contribution in [2.75, 3.05) is 6.61 Å². The van der Waals surface area contributed by atoms with Gasteiger partial charge in [-0.1, -0.05) is 13.8 Å². The van der Waals surface area contributed by atoms with Gasteiger partial charge in [-0.25, -0.2) is 4.79 Å². The van der Waals surface area contributed by atoms with Crippen LogP contribution < -0.4 is 0 Å². The molecular formula is C11H15NO2. The van der Waals surface area contributed by atoms with E-state index < -0.39 is 0 Å². The second-order valence-electron chi connectivity index (χ2n) is 3.68. The second kappa shape index (κ2) is 4.74. The molecule has 0 spiro atoms. The molecule has 0 radical (unpaired) electrons. The van der Waals surface area contributed by atoms with E-state index >= 15 is 0 Å². The van der Waals surface area contributed by atoms with Gasteiger partial charge in [0, 0.05) is 11.9 Å². The number of rotatable bonds is 3. The molecule has 1 aromatic heterocycles. The molecule has 76 valence electrons. The number of ether oxygens (including phenoxy) is 1. The third kappa shape index (κ3) is 3.17. The Bertz CT molecular complexity index is 304. The molecule has 0 N–H and O–H groups in total. The van der Waals surface area contributed by atoms with Gasteiger partial charge >= 0.3 is 5.97 Å². The molecule has 0 bridgehead atoms. The monoisotopic (exact) mass is 193 g/mol. The molecule has 3 nitrogen and oxygen atoms in total. The third-order valence-corrected chi connectivity index (χ3v) is 1.69. The first kappa shape index (κ1) is 10.7. The molecule has 0 fully saturated rings.